The van der Waals surface area contributed by atoms with E-state index in [-0.39, 0.29) is 0 Å². The number of nitrogens with zero attached hydrogens (tertiary/aromatic N) is 3. The van der Waals surface area contributed by atoms with Crippen LogP contribution >= 0.6 is 11.8 Å². The van der Waals surface area contributed by atoms with E-state index in [0.29, 0.717) is 11.3 Å². The van der Waals surface area contributed by atoms with E-state index in [1.807, 2.05) is 25.6 Å². The normalized spacial score (nSPS) is 15.5. The maximum atomic E-state index is 4.12. The van der Waals surface area contributed by atoms with Crippen LogP contribution in [0.15, 0.2) is 5.16 Å². The Morgan fingerprint density at radius 1 is 1.36 bits per heavy atom. The van der Waals surface area contributed by atoms with Crippen LogP contribution in [0.1, 0.15) is 19.7 Å². The molecule has 2 unspecified atom stereocenters. The van der Waals surface area contributed by atoms with E-state index in [4.69, 9.17) is 0 Å². The molecule has 0 aromatic carbocycles. The minimum Gasteiger partial charge on any atom is -0.316 e. The van der Waals surface area contributed by atoms with Crippen molar-refractivity contribution in [1.29, 1.82) is 0 Å². The molecule has 0 spiro atoms. The van der Waals surface area contributed by atoms with Gasteiger partial charge in [0.1, 0.15) is 5.82 Å². The summed E-state index contributed by atoms with van der Waals surface area (Å²) >= 11 is 1.75. The van der Waals surface area contributed by atoms with Gasteiger partial charge >= 0.3 is 0 Å². The molecule has 0 bridgehead atoms. The molecule has 14 heavy (non-hydrogen) atoms. The van der Waals surface area contributed by atoms with Crippen molar-refractivity contribution in [3.63, 3.8) is 0 Å². The van der Waals surface area contributed by atoms with Crippen LogP contribution in [0.5, 0.6) is 0 Å². The Morgan fingerprint density at radius 2 is 2.00 bits per heavy atom. The summed E-state index contributed by atoms with van der Waals surface area (Å²) in [6.45, 7) is 6.32. The quantitative estimate of drug-likeness (QED) is 0.765. The lowest BCUT2D eigenvalue weighted by atomic mass is 10.3. The molecule has 0 aliphatic carbocycles. The highest BCUT2D eigenvalue weighted by Crippen LogP contribution is 2.22. The zero-order chi connectivity index (χ0) is 10.7. The van der Waals surface area contributed by atoms with E-state index in [1.54, 1.807) is 11.8 Å². The number of hydrogen-bond acceptors (Lipinski definition) is 4. The minimum atomic E-state index is 0.469. The molecule has 2 atom stereocenters. The number of hydrogen-bond donors (Lipinski definition) is 1. The second kappa shape index (κ2) is 4.79. The molecule has 0 radical (unpaired) electrons. The highest BCUT2D eigenvalue weighted by atomic mass is 32.2. The van der Waals surface area contributed by atoms with Gasteiger partial charge in [0.2, 0.25) is 0 Å². The van der Waals surface area contributed by atoms with Crippen LogP contribution in [0, 0.1) is 6.92 Å². The van der Waals surface area contributed by atoms with Crippen molar-refractivity contribution in [3.05, 3.63) is 5.82 Å². The van der Waals surface area contributed by atoms with E-state index >= 15 is 0 Å². The van der Waals surface area contributed by atoms with E-state index < -0.39 is 0 Å². The topological polar surface area (TPSA) is 42.7 Å². The molecule has 1 aromatic heterocycles. The van der Waals surface area contributed by atoms with Gasteiger partial charge in [-0.25, -0.2) is 0 Å². The molecule has 1 aromatic rings. The smallest absolute Gasteiger partial charge is 0.191 e. The third-order valence-electron chi connectivity index (χ3n) is 2.50. The fraction of sp³-hybridized carbons (Fsp3) is 0.778. The minimum absolute atomic E-state index is 0.469. The third kappa shape index (κ3) is 2.48. The zero-order valence-electron chi connectivity index (χ0n) is 9.40. The first kappa shape index (κ1) is 11.5. The Kier molecular flexibility index (Phi) is 3.95. The molecule has 80 valence electrons. The highest BCUT2D eigenvalue weighted by Gasteiger charge is 2.15. The molecule has 5 heteroatoms. The standard InChI is InChI=1S/C9H18N4S/c1-6(10-4)7(2)14-9-12-11-8(3)13(9)5/h6-7,10H,1-5H3. The fourth-order valence-corrected chi connectivity index (χ4v) is 2.04. The average Bonchev–Trinajstić information content (AvgIpc) is 2.48. The lowest BCUT2D eigenvalue weighted by Gasteiger charge is -2.17. The van der Waals surface area contributed by atoms with Crippen LogP contribution < -0.4 is 5.32 Å². The van der Waals surface area contributed by atoms with Crippen LogP contribution in [0.2, 0.25) is 0 Å². The van der Waals surface area contributed by atoms with Gasteiger partial charge in [0.15, 0.2) is 5.16 Å². The maximum Gasteiger partial charge on any atom is 0.191 e. The number of rotatable bonds is 4. The first-order chi connectivity index (χ1) is 6.56. The summed E-state index contributed by atoms with van der Waals surface area (Å²) in [5, 5.41) is 12.9. The predicted octanol–water partition coefficient (Wildman–Crippen LogP) is 1.21. The van der Waals surface area contributed by atoms with Crippen molar-refractivity contribution in [3.8, 4) is 0 Å². The van der Waals surface area contributed by atoms with E-state index in [9.17, 15) is 0 Å². The SMILES string of the molecule is CNC(C)C(C)Sc1nnc(C)n1C. The van der Waals surface area contributed by atoms with Crippen molar-refractivity contribution in [2.45, 2.75) is 37.2 Å². The van der Waals surface area contributed by atoms with Crippen molar-refractivity contribution < 1.29 is 0 Å². The van der Waals surface area contributed by atoms with Gasteiger partial charge in [0, 0.05) is 18.3 Å². The lowest BCUT2D eigenvalue weighted by Crippen LogP contribution is -2.30. The predicted molar refractivity (Wildman–Crippen MR) is 59.6 cm³/mol. The molecule has 0 aliphatic heterocycles. The van der Waals surface area contributed by atoms with Gasteiger partial charge in [0.25, 0.3) is 0 Å². The van der Waals surface area contributed by atoms with Gasteiger partial charge in [0.05, 0.1) is 0 Å². The third-order valence-corrected chi connectivity index (χ3v) is 3.85. The zero-order valence-corrected chi connectivity index (χ0v) is 10.2. The summed E-state index contributed by atoms with van der Waals surface area (Å²) in [7, 11) is 3.97. The number of aromatic nitrogens is 3. The van der Waals surface area contributed by atoms with Gasteiger partial charge < -0.3 is 9.88 Å². The Balaban J connectivity index is 2.64. The monoisotopic (exact) mass is 214 g/mol. The number of thioether (sulfide) groups is 1. The Bertz CT molecular complexity index is 297. The Labute approximate surface area is 89.5 Å². The van der Waals surface area contributed by atoms with Crippen molar-refractivity contribution in [2.75, 3.05) is 7.05 Å². The van der Waals surface area contributed by atoms with Crippen LogP contribution in [-0.2, 0) is 7.05 Å². The Hall–Kier alpha value is -0.550. The van der Waals surface area contributed by atoms with E-state index in [2.05, 4.69) is 29.4 Å². The summed E-state index contributed by atoms with van der Waals surface area (Å²) in [4.78, 5) is 0. The molecule has 1 rings (SSSR count). The fourth-order valence-electron chi connectivity index (χ4n) is 0.993. The summed E-state index contributed by atoms with van der Waals surface area (Å²) in [6, 6.07) is 0.469. The maximum absolute atomic E-state index is 4.12. The van der Waals surface area contributed by atoms with E-state index in [1.165, 1.54) is 0 Å². The molecule has 0 saturated carbocycles. The molecule has 4 nitrogen and oxygen atoms in total. The van der Waals surface area contributed by atoms with Gasteiger partial charge in [-0.2, -0.15) is 0 Å². The van der Waals surface area contributed by atoms with Gasteiger partial charge in [-0.15, -0.1) is 10.2 Å². The van der Waals surface area contributed by atoms with Gasteiger partial charge in [-0.1, -0.05) is 18.7 Å². The van der Waals surface area contributed by atoms with Crippen LogP contribution in [0.3, 0.4) is 0 Å². The van der Waals surface area contributed by atoms with Crippen LogP contribution in [0.4, 0.5) is 0 Å². The summed E-state index contributed by atoms with van der Waals surface area (Å²) < 4.78 is 2.02. The van der Waals surface area contributed by atoms with Crippen LogP contribution in [0.25, 0.3) is 0 Å². The summed E-state index contributed by atoms with van der Waals surface area (Å²) in [6.07, 6.45) is 0. The van der Waals surface area contributed by atoms with Crippen LogP contribution in [-0.4, -0.2) is 33.1 Å². The molecule has 0 amide bonds. The molecule has 1 N–H and O–H groups in total. The molecule has 0 fully saturated rings. The molecule has 0 saturated heterocycles. The van der Waals surface area contributed by atoms with Crippen molar-refractivity contribution in [2.24, 2.45) is 7.05 Å². The Morgan fingerprint density at radius 3 is 2.43 bits per heavy atom. The first-order valence-corrected chi connectivity index (χ1v) is 5.64. The highest BCUT2D eigenvalue weighted by molar-refractivity contribution is 7.99. The summed E-state index contributed by atoms with van der Waals surface area (Å²) in [5.41, 5.74) is 0. The largest absolute Gasteiger partial charge is 0.316 e. The van der Waals surface area contributed by atoms with Gasteiger partial charge in [-0.05, 0) is 20.9 Å². The van der Waals surface area contributed by atoms with Crippen molar-refractivity contribution in [1.82, 2.24) is 20.1 Å². The average molecular weight is 214 g/mol. The second-order valence-electron chi connectivity index (χ2n) is 3.49. The summed E-state index contributed by atoms with van der Waals surface area (Å²) in [5.74, 6) is 0.955. The van der Waals surface area contributed by atoms with Gasteiger partial charge in [-0.3, -0.25) is 0 Å². The molecular formula is C9H18N4S. The number of nitrogens with one attached hydrogen (secondary N) is 1. The van der Waals surface area contributed by atoms with E-state index in [0.717, 1.165) is 11.0 Å². The molecular weight excluding hydrogens is 196 g/mol. The molecule has 0 aliphatic rings. The lowest BCUT2D eigenvalue weighted by molar-refractivity contribution is 0.602. The second-order valence-corrected chi connectivity index (χ2v) is 4.83. The van der Waals surface area contributed by atoms with Crippen molar-refractivity contribution >= 4 is 11.8 Å². The number of aryl methyl sites for hydroxylation is 1. The first-order valence-electron chi connectivity index (χ1n) is 4.76. The molecule has 1 heterocycles.